The van der Waals surface area contributed by atoms with Crippen LogP contribution in [0.2, 0.25) is 0 Å². The first kappa shape index (κ1) is 24.7. The summed E-state index contributed by atoms with van der Waals surface area (Å²) in [6.07, 6.45) is 1.78. The van der Waals surface area contributed by atoms with Gasteiger partial charge in [0.05, 0.1) is 23.6 Å². The lowest BCUT2D eigenvalue weighted by atomic mass is 10.1. The number of carbonyl (C=O) groups excluding carboxylic acids is 1. The Kier molecular flexibility index (Phi) is 7.99. The molecule has 7 nitrogen and oxygen atoms in total. The first-order chi connectivity index (χ1) is 17.0. The number of benzene rings is 2. The molecule has 35 heavy (non-hydrogen) atoms. The van der Waals surface area contributed by atoms with E-state index in [1.807, 2.05) is 47.2 Å². The molecule has 0 bridgehead atoms. The largest absolute Gasteiger partial charge is 0.493 e. The highest BCUT2D eigenvalue weighted by Gasteiger charge is 2.18. The summed E-state index contributed by atoms with van der Waals surface area (Å²) < 4.78 is 7.70. The summed E-state index contributed by atoms with van der Waals surface area (Å²) in [6.45, 7) is 11.0. The van der Waals surface area contributed by atoms with Gasteiger partial charge in [-0.25, -0.2) is 4.98 Å². The maximum atomic E-state index is 12.7. The molecule has 4 rings (SSSR count). The molecule has 0 fully saturated rings. The zero-order chi connectivity index (χ0) is 24.8. The van der Waals surface area contributed by atoms with E-state index in [1.54, 1.807) is 6.08 Å². The number of nitrogens with zero attached hydrogens (tertiary/aromatic N) is 4. The minimum absolute atomic E-state index is 0.152. The van der Waals surface area contributed by atoms with Gasteiger partial charge >= 0.3 is 0 Å². The first-order valence-electron chi connectivity index (χ1n) is 11.2. The summed E-state index contributed by atoms with van der Waals surface area (Å²) in [4.78, 5) is 17.2. The molecule has 1 N–H and O–H groups in total. The summed E-state index contributed by atoms with van der Waals surface area (Å²) in [5.41, 5.74) is 5.19. The maximum Gasteiger partial charge on any atom is 0.236 e. The number of hydrogen-bond acceptors (Lipinski definition) is 7. The van der Waals surface area contributed by atoms with E-state index in [1.165, 1.54) is 34.2 Å². The highest BCUT2D eigenvalue weighted by Crippen LogP contribution is 2.31. The van der Waals surface area contributed by atoms with Crippen molar-refractivity contribution in [1.29, 1.82) is 0 Å². The highest BCUT2D eigenvalue weighted by molar-refractivity contribution is 7.99. The fourth-order valence-corrected chi connectivity index (χ4v) is 4.95. The van der Waals surface area contributed by atoms with Crippen LogP contribution in [0.15, 0.2) is 65.7 Å². The van der Waals surface area contributed by atoms with Crippen LogP contribution in [0.3, 0.4) is 0 Å². The third-order valence-electron chi connectivity index (χ3n) is 5.34. The number of allylic oxidation sites excluding steroid dienone is 1. The van der Waals surface area contributed by atoms with E-state index in [0.717, 1.165) is 22.6 Å². The topological polar surface area (TPSA) is 81.9 Å². The van der Waals surface area contributed by atoms with E-state index in [0.29, 0.717) is 29.3 Å². The Morgan fingerprint density at radius 1 is 1.20 bits per heavy atom. The summed E-state index contributed by atoms with van der Waals surface area (Å²) in [5.74, 6) is 1.45. The van der Waals surface area contributed by atoms with Crippen molar-refractivity contribution in [2.45, 2.75) is 32.5 Å². The lowest BCUT2D eigenvalue weighted by Gasteiger charge is -2.11. The molecule has 180 valence electrons. The minimum Gasteiger partial charge on any atom is -0.493 e. The number of amides is 1. The van der Waals surface area contributed by atoms with Crippen molar-refractivity contribution in [2.24, 2.45) is 0 Å². The molecule has 0 saturated carbocycles. The van der Waals surface area contributed by atoms with Crippen LogP contribution in [-0.4, -0.2) is 38.0 Å². The zero-order valence-corrected chi connectivity index (χ0v) is 21.6. The molecule has 0 aliphatic rings. The number of rotatable bonds is 10. The Balaban J connectivity index is 1.45. The van der Waals surface area contributed by atoms with Gasteiger partial charge in [-0.15, -0.1) is 28.1 Å². The fourth-order valence-electron chi connectivity index (χ4n) is 3.47. The Labute approximate surface area is 213 Å². The van der Waals surface area contributed by atoms with Gasteiger partial charge in [-0.3, -0.25) is 9.36 Å². The van der Waals surface area contributed by atoms with Gasteiger partial charge in [0.1, 0.15) is 5.75 Å². The van der Waals surface area contributed by atoms with E-state index >= 15 is 0 Å². The standard InChI is InChI=1S/C26H27N5O2S2/c1-5-13-31-24(20-9-7-8-10-22(20)33-6-2)29-30-26(31)35-16-23(32)28-25-27-21(15-34-25)19-12-11-17(3)18(4)14-19/h5,7-12,14-15H,1,6,13,16H2,2-4H3,(H,27,28,32). The molecule has 0 aliphatic heterocycles. The van der Waals surface area contributed by atoms with E-state index < -0.39 is 0 Å². The van der Waals surface area contributed by atoms with Crippen molar-refractivity contribution >= 4 is 34.1 Å². The van der Waals surface area contributed by atoms with Crippen LogP contribution in [0.4, 0.5) is 5.13 Å². The molecule has 2 heterocycles. The van der Waals surface area contributed by atoms with Crippen LogP contribution < -0.4 is 10.1 Å². The number of ether oxygens (including phenoxy) is 1. The lowest BCUT2D eigenvalue weighted by Crippen LogP contribution is -2.14. The second-order valence-corrected chi connectivity index (χ2v) is 9.61. The van der Waals surface area contributed by atoms with Crippen molar-refractivity contribution in [2.75, 3.05) is 17.7 Å². The quantitative estimate of drug-likeness (QED) is 0.210. The van der Waals surface area contributed by atoms with Gasteiger partial charge in [-0.2, -0.15) is 0 Å². The fraction of sp³-hybridized carbons (Fsp3) is 0.231. The van der Waals surface area contributed by atoms with Gasteiger partial charge in [0.25, 0.3) is 0 Å². The van der Waals surface area contributed by atoms with Gasteiger partial charge in [0, 0.05) is 17.5 Å². The van der Waals surface area contributed by atoms with Crippen LogP contribution in [0, 0.1) is 13.8 Å². The van der Waals surface area contributed by atoms with Gasteiger partial charge in [0.15, 0.2) is 16.1 Å². The number of aromatic nitrogens is 4. The predicted octanol–water partition coefficient (Wildman–Crippen LogP) is 6.00. The molecule has 0 saturated heterocycles. The van der Waals surface area contributed by atoms with Crippen molar-refractivity contribution < 1.29 is 9.53 Å². The summed E-state index contributed by atoms with van der Waals surface area (Å²) in [7, 11) is 0. The van der Waals surface area contributed by atoms with Crippen molar-refractivity contribution in [3.63, 3.8) is 0 Å². The molecule has 9 heteroatoms. The summed E-state index contributed by atoms with van der Waals surface area (Å²) in [6, 6.07) is 14.0. The van der Waals surface area contributed by atoms with E-state index in [4.69, 9.17) is 4.74 Å². The number of carbonyl (C=O) groups is 1. The zero-order valence-electron chi connectivity index (χ0n) is 19.9. The van der Waals surface area contributed by atoms with Gasteiger partial charge in [0.2, 0.25) is 5.91 Å². The molecular formula is C26H27N5O2S2. The van der Waals surface area contributed by atoms with Crippen molar-refractivity contribution in [1.82, 2.24) is 19.7 Å². The second-order valence-electron chi connectivity index (χ2n) is 7.81. The molecular weight excluding hydrogens is 478 g/mol. The molecule has 2 aromatic carbocycles. The number of hydrogen-bond donors (Lipinski definition) is 1. The summed E-state index contributed by atoms with van der Waals surface area (Å²) >= 11 is 2.73. The van der Waals surface area contributed by atoms with Crippen molar-refractivity contribution in [3.8, 4) is 28.4 Å². The van der Waals surface area contributed by atoms with Crippen LogP contribution in [-0.2, 0) is 11.3 Å². The summed E-state index contributed by atoms with van der Waals surface area (Å²) in [5, 5.41) is 14.8. The maximum absolute atomic E-state index is 12.7. The van der Waals surface area contributed by atoms with Crippen molar-refractivity contribution in [3.05, 3.63) is 71.6 Å². The highest BCUT2D eigenvalue weighted by atomic mass is 32.2. The van der Waals surface area contributed by atoms with E-state index in [9.17, 15) is 4.79 Å². The lowest BCUT2D eigenvalue weighted by molar-refractivity contribution is -0.113. The second kappa shape index (κ2) is 11.3. The van der Waals surface area contributed by atoms with Crippen LogP contribution in [0.5, 0.6) is 5.75 Å². The molecule has 0 spiro atoms. The molecule has 0 aliphatic carbocycles. The van der Waals surface area contributed by atoms with Crippen LogP contribution >= 0.6 is 23.1 Å². The SMILES string of the molecule is C=CCn1c(SCC(=O)Nc2nc(-c3ccc(C)c(C)c3)cs2)nnc1-c1ccccc1OCC. The predicted molar refractivity (Wildman–Crippen MR) is 143 cm³/mol. The Morgan fingerprint density at radius 3 is 2.80 bits per heavy atom. The molecule has 1 amide bonds. The van der Waals surface area contributed by atoms with E-state index in [-0.39, 0.29) is 11.7 Å². The Hall–Kier alpha value is -3.43. The average molecular weight is 506 g/mol. The molecule has 4 aromatic rings. The van der Waals surface area contributed by atoms with Gasteiger partial charge < -0.3 is 10.1 Å². The number of nitrogens with one attached hydrogen (secondary N) is 1. The number of anilines is 1. The third-order valence-corrected chi connectivity index (χ3v) is 7.07. The molecule has 0 unspecified atom stereocenters. The number of para-hydroxylation sites is 1. The molecule has 0 radical (unpaired) electrons. The number of aryl methyl sites for hydroxylation is 2. The first-order valence-corrected chi connectivity index (χ1v) is 13.1. The average Bonchev–Trinajstić information content (AvgIpc) is 3.47. The molecule has 0 atom stereocenters. The minimum atomic E-state index is -0.152. The Bertz CT molecular complexity index is 1350. The van der Waals surface area contributed by atoms with Crippen LogP contribution in [0.25, 0.3) is 22.6 Å². The number of thioether (sulfide) groups is 1. The third kappa shape index (κ3) is 5.80. The number of thiazole rings is 1. The van der Waals surface area contributed by atoms with Crippen LogP contribution in [0.1, 0.15) is 18.1 Å². The van der Waals surface area contributed by atoms with Gasteiger partial charge in [-0.05, 0) is 50.1 Å². The Morgan fingerprint density at radius 2 is 2.03 bits per heavy atom. The smallest absolute Gasteiger partial charge is 0.236 e. The van der Waals surface area contributed by atoms with Gasteiger partial charge in [-0.1, -0.05) is 42.1 Å². The monoisotopic (exact) mass is 505 g/mol. The normalized spacial score (nSPS) is 10.8. The molecule has 2 aromatic heterocycles. The van der Waals surface area contributed by atoms with E-state index in [2.05, 4.69) is 53.1 Å².